The predicted octanol–water partition coefficient (Wildman–Crippen LogP) is 4.86. The van der Waals surface area contributed by atoms with Crippen LogP contribution in [0.4, 0.5) is 0 Å². The monoisotopic (exact) mass is 374 g/mol. The first kappa shape index (κ1) is 15.6. The van der Waals surface area contributed by atoms with Crippen LogP contribution in [0.25, 0.3) is 21.5 Å². The largest absolute Gasteiger partial charge is 0.440 e. The van der Waals surface area contributed by atoms with Crippen molar-refractivity contribution in [1.82, 2.24) is 19.7 Å². The van der Waals surface area contributed by atoms with Crippen LogP contribution < -0.4 is 0 Å². The molecule has 0 aliphatic heterocycles. The van der Waals surface area contributed by atoms with E-state index in [0.29, 0.717) is 11.6 Å². The van der Waals surface area contributed by atoms with Gasteiger partial charge < -0.3 is 8.98 Å². The third-order valence-corrected chi connectivity index (χ3v) is 6.29. The van der Waals surface area contributed by atoms with Crippen LogP contribution >= 0.6 is 34.4 Å². The van der Waals surface area contributed by atoms with Gasteiger partial charge in [0, 0.05) is 12.8 Å². The molecule has 4 rings (SSSR count). The lowest BCUT2D eigenvalue weighted by atomic mass is 10.4. The van der Waals surface area contributed by atoms with Gasteiger partial charge in [0.15, 0.2) is 11.0 Å². The summed E-state index contributed by atoms with van der Waals surface area (Å²) in [5, 5.41) is 13.5. The van der Waals surface area contributed by atoms with E-state index >= 15 is 0 Å². The second-order valence-electron chi connectivity index (χ2n) is 5.13. The van der Waals surface area contributed by atoms with E-state index in [1.807, 2.05) is 47.5 Å². The van der Waals surface area contributed by atoms with Crippen LogP contribution in [0.2, 0.25) is 0 Å². The van der Waals surface area contributed by atoms with E-state index in [0.717, 1.165) is 32.2 Å². The summed E-state index contributed by atoms with van der Waals surface area (Å²) in [6.07, 6.45) is 0. The third kappa shape index (κ3) is 2.92. The Hall–Kier alpha value is -1.90. The topological polar surface area (TPSA) is 56.7 Å². The quantitative estimate of drug-likeness (QED) is 0.467. The van der Waals surface area contributed by atoms with Crippen molar-refractivity contribution in [3.8, 4) is 21.5 Å². The van der Waals surface area contributed by atoms with Crippen LogP contribution in [0.1, 0.15) is 11.5 Å². The Morgan fingerprint density at radius 2 is 1.88 bits per heavy atom. The molecule has 0 unspecified atom stereocenters. The van der Waals surface area contributed by atoms with Gasteiger partial charge in [0.2, 0.25) is 5.89 Å². The summed E-state index contributed by atoms with van der Waals surface area (Å²) in [6, 6.07) is 8.09. The molecule has 0 aliphatic carbocycles. The van der Waals surface area contributed by atoms with Crippen molar-refractivity contribution < 1.29 is 4.42 Å². The summed E-state index contributed by atoms with van der Waals surface area (Å²) in [5.74, 6) is 3.14. The van der Waals surface area contributed by atoms with Crippen molar-refractivity contribution in [3.05, 3.63) is 46.5 Å². The predicted molar refractivity (Wildman–Crippen MR) is 98.4 cm³/mol. The second-order valence-corrected chi connectivity index (χ2v) is 7.97. The fourth-order valence-electron chi connectivity index (χ4n) is 2.26. The fourth-order valence-corrected chi connectivity index (χ4v) is 4.57. The van der Waals surface area contributed by atoms with E-state index in [1.54, 1.807) is 34.4 Å². The lowest BCUT2D eigenvalue weighted by molar-refractivity contribution is 0.542. The third-order valence-electron chi connectivity index (χ3n) is 3.54. The Morgan fingerprint density at radius 3 is 2.58 bits per heavy atom. The molecule has 8 heteroatoms. The van der Waals surface area contributed by atoms with Crippen molar-refractivity contribution in [2.75, 3.05) is 0 Å². The van der Waals surface area contributed by atoms with Crippen molar-refractivity contribution in [2.24, 2.45) is 7.05 Å². The molecule has 24 heavy (non-hydrogen) atoms. The second kappa shape index (κ2) is 6.54. The molecule has 0 aliphatic rings. The molecule has 0 saturated carbocycles. The zero-order valence-corrected chi connectivity index (χ0v) is 15.5. The van der Waals surface area contributed by atoms with Gasteiger partial charge in [-0.2, -0.15) is 0 Å². The zero-order valence-electron chi connectivity index (χ0n) is 13.1. The molecule has 5 nitrogen and oxygen atoms in total. The normalized spacial score (nSPS) is 11.2. The lowest BCUT2D eigenvalue weighted by Crippen LogP contribution is -1.94. The molecule has 0 bridgehead atoms. The van der Waals surface area contributed by atoms with Crippen molar-refractivity contribution in [1.29, 1.82) is 0 Å². The van der Waals surface area contributed by atoms with E-state index in [9.17, 15) is 0 Å². The van der Waals surface area contributed by atoms with Gasteiger partial charge in [0.1, 0.15) is 5.76 Å². The first-order valence-electron chi connectivity index (χ1n) is 7.28. The van der Waals surface area contributed by atoms with Crippen LogP contribution in [-0.2, 0) is 12.8 Å². The van der Waals surface area contributed by atoms with Gasteiger partial charge in [0.25, 0.3) is 0 Å². The van der Waals surface area contributed by atoms with E-state index in [1.165, 1.54) is 0 Å². The van der Waals surface area contributed by atoms with Crippen LogP contribution in [0.5, 0.6) is 0 Å². The maximum absolute atomic E-state index is 5.79. The van der Waals surface area contributed by atoms with E-state index < -0.39 is 0 Å². The van der Waals surface area contributed by atoms with E-state index in [-0.39, 0.29) is 0 Å². The summed E-state index contributed by atoms with van der Waals surface area (Å²) < 4.78 is 7.81. The molecule has 0 fully saturated rings. The number of aryl methyl sites for hydroxylation is 1. The molecule has 0 saturated heterocycles. The van der Waals surface area contributed by atoms with Crippen LogP contribution in [-0.4, -0.2) is 19.7 Å². The van der Waals surface area contributed by atoms with Gasteiger partial charge in [-0.15, -0.1) is 32.9 Å². The molecule has 0 N–H and O–H groups in total. The fraction of sp³-hybridized carbons (Fsp3) is 0.188. The molecular formula is C16H14N4OS3. The number of rotatable bonds is 5. The highest BCUT2D eigenvalue weighted by atomic mass is 32.2. The van der Waals surface area contributed by atoms with Crippen molar-refractivity contribution in [3.63, 3.8) is 0 Å². The summed E-state index contributed by atoms with van der Waals surface area (Å²) in [4.78, 5) is 6.79. The highest BCUT2D eigenvalue weighted by Crippen LogP contribution is 2.30. The number of aromatic nitrogens is 4. The number of oxazole rings is 1. The van der Waals surface area contributed by atoms with Crippen LogP contribution in [0, 0.1) is 6.92 Å². The summed E-state index contributed by atoms with van der Waals surface area (Å²) in [6.45, 7) is 1.95. The van der Waals surface area contributed by atoms with Crippen molar-refractivity contribution in [2.45, 2.75) is 17.8 Å². The minimum absolute atomic E-state index is 0.690. The highest BCUT2D eigenvalue weighted by Gasteiger charge is 2.16. The Morgan fingerprint density at radius 1 is 1.12 bits per heavy atom. The lowest BCUT2D eigenvalue weighted by Gasteiger charge is -2.01. The summed E-state index contributed by atoms with van der Waals surface area (Å²) >= 11 is 4.91. The molecule has 4 aromatic heterocycles. The maximum atomic E-state index is 5.79. The average molecular weight is 375 g/mol. The molecule has 0 amide bonds. The van der Waals surface area contributed by atoms with E-state index in [2.05, 4.69) is 21.2 Å². The molecule has 0 atom stereocenters. The highest BCUT2D eigenvalue weighted by molar-refractivity contribution is 7.98. The van der Waals surface area contributed by atoms with E-state index in [4.69, 9.17) is 4.42 Å². The van der Waals surface area contributed by atoms with Gasteiger partial charge in [-0.05, 0) is 29.8 Å². The van der Waals surface area contributed by atoms with Crippen LogP contribution in [0.15, 0.2) is 44.6 Å². The molecule has 4 aromatic rings. The van der Waals surface area contributed by atoms with Gasteiger partial charge in [-0.1, -0.05) is 23.9 Å². The number of thiophene rings is 2. The number of hydrogen-bond acceptors (Lipinski definition) is 7. The SMILES string of the molecule is Cc1oc(-c2cccs2)nc1CSc1nnc(-c2cccs2)n1C. The molecule has 0 spiro atoms. The smallest absolute Gasteiger partial charge is 0.236 e. The average Bonchev–Trinajstić information content (AvgIpc) is 3.34. The van der Waals surface area contributed by atoms with Gasteiger partial charge in [-0.25, -0.2) is 4.98 Å². The number of thioether (sulfide) groups is 1. The zero-order chi connectivity index (χ0) is 16.5. The number of nitrogens with zero attached hydrogens (tertiary/aromatic N) is 4. The maximum Gasteiger partial charge on any atom is 0.236 e. The molecular weight excluding hydrogens is 360 g/mol. The Bertz CT molecular complexity index is 936. The van der Waals surface area contributed by atoms with Crippen LogP contribution in [0.3, 0.4) is 0 Å². The summed E-state index contributed by atoms with van der Waals surface area (Å²) in [7, 11) is 1.99. The Labute approximate surface area is 151 Å². The summed E-state index contributed by atoms with van der Waals surface area (Å²) in [5.41, 5.74) is 0.948. The standard InChI is InChI=1S/C16H14N4OS3/c1-10-11(17-15(21-10)13-6-4-8-23-13)9-24-16-19-18-14(20(16)2)12-5-3-7-22-12/h3-8H,9H2,1-2H3. The minimum atomic E-state index is 0.690. The molecule has 0 radical (unpaired) electrons. The Kier molecular flexibility index (Phi) is 4.26. The number of hydrogen-bond donors (Lipinski definition) is 0. The van der Waals surface area contributed by atoms with Gasteiger partial charge in [-0.3, -0.25) is 0 Å². The molecule has 4 heterocycles. The molecule has 0 aromatic carbocycles. The van der Waals surface area contributed by atoms with Gasteiger partial charge in [0.05, 0.1) is 15.4 Å². The minimum Gasteiger partial charge on any atom is -0.440 e. The first-order chi connectivity index (χ1) is 11.7. The van der Waals surface area contributed by atoms with Gasteiger partial charge >= 0.3 is 0 Å². The molecule has 122 valence electrons. The van der Waals surface area contributed by atoms with Crippen molar-refractivity contribution >= 4 is 34.4 Å². The first-order valence-corrected chi connectivity index (χ1v) is 10.0. The Balaban J connectivity index is 1.52.